The Hall–Kier alpha value is -0.540. The van der Waals surface area contributed by atoms with Crippen LogP contribution in [0.25, 0.3) is 0 Å². The molecule has 114 valence electrons. The van der Waals surface area contributed by atoms with Crippen molar-refractivity contribution in [2.24, 2.45) is 23.7 Å². The van der Waals surface area contributed by atoms with Gasteiger partial charge in [0, 0.05) is 12.6 Å². The van der Waals surface area contributed by atoms with Crippen molar-refractivity contribution in [3.8, 4) is 5.75 Å². The molecule has 0 radical (unpaired) electrons. The number of hydrogen-bond donors (Lipinski definition) is 1. The average Bonchev–Trinajstić information content (AvgIpc) is 3.17. The maximum absolute atomic E-state index is 5.30. The monoisotopic (exact) mass is 349 g/mol. The van der Waals surface area contributed by atoms with Gasteiger partial charge in [-0.1, -0.05) is 12.5 Å². The minimum absolute atomic E-state index is 0.759. The Bertz CT molecular complexity index is 532. The normalized spacial score (nSPS) is 37.0. The number of nitrogens with one attached hydrogen (secondary N) is 1. The molecule has 0 saturated heterocycles. The predicted molar refractivity (Wildman–Crippen MR) is 88.4 cm³/mol. The summed E-state index contributed by atoms with van der Waals surface area (Å²) < 4.78 is 6.35. The highest BCUT2D eigenvalue weighted by atomic mass is 79.9. The third-order valence-electron chi connectivity index (χ3n) is 6.21. The summed E-state index contributed by atoms with van der Waals surface area (Å²) in [5.41, 5.74) is 1.34. The van der Waals surface area contributed by atoms with Crippen LogP contribution in [0.1, 0.15) is 37.7 Å². The minimum atomic E-state index is 0.759. The van der Waals surface area contributed by atoms with Crippen molar-refractivity contribution in [1.82, 2.24) is 5.32 Å². The first-order valence-electron chi connectivity index (χ1n) is 8.32. The second-order valence-electron chi connectivity index (χ2n) is 7.11. The highest BCUT2D eigenvalue weighted by Gasteiger charge is 2.53. The van der Waals surface area contributed by atoms with Crippen molar-refractivity contribution in [3.05, 3.63) is 28.2 Å². The summed E-state index contributed by atoms with van der Waals surface area (Å²) in [5, 5.41) is 3.84. The van der Waals surface area contributed by atoms with Gasteiger partial charge in [-0.15, -0.1) is 0 Å². The zero-order valence-corrected chi connectivity index (χ0v) is 14.2. The summed E-state index contributed by atoms with van der Waals surface area (Å²) >= 11 is 3.58. The lowest BCUT2D eigenvalue weighted by atomic mass is 9.79. The predicted octanol–water partition coefficient (Wildman–Crippen LogP) is 4.37. The molecule has 1 aromatic rings. The second kappa shape index (κ2) is 5.58. The van der Waals surface area contributed by atoms with E-state index in [1.807, 2.05) is 0 Å². The molecule has 21 heavy (non-hydrogen) atoms. The zero-order valence-electron chi connectivity index (χ0n) is 12.6. The first kappa shape index (κ1) is 14.1. The van der Waals surface area contributed by atoms with Crippen LogP contribution in [0, 0.1) is 23.7 Å². The molecular weight excluding hydrogens is 326 g/mol. The molecule has 1 N–H and O–H groups in total. The fourth-order valence-corrected chi connectivity index (χ4v) is 5.96. The fourth-order valence-electron chi connectivity index (χ4n) is 5.37. The van der Waals surface area contributed by atoms with E-state index in [2.05, 4.69) is 39.4 Å². The number of halogens is 1. The van der Waals surface area contributed by atoms with Gasteiger partial charge in [-0.2, -0.15) is 0 Å². The minimum Gasteiger partial charge on any atom is -0.496 e. The number of fused-ring (bicyclic) bond motifs is 5. The van der Waals surface area contributed by atoms with Gasteiger partial charge in [0.05, 0.1) is 11.6 Å². The number of benzene rings is 1. The SMILES string of the molecule is COc1ccc(CNC2CC3CC2C2CCCC32)cc1Br. The molecule has 3 heteroatoms. The first-order valence-corrected chi connectivity index (χ1v) is 9.11. The first-order chi connectivity index (χ1) is 10.3. The smallest absolute Gasteiger partial charge is 0.133 e. The van der Waals surface area contributed by atoms with Crippen molar-refractivity contribution in [2.45, 2.75) is 44.7 Å². The molecule has 5 unspecified atom stereocenters. The van der Waals surface area contributed by atoms with Gasteiger partial charge in [0.1, 0.15) is 5.75 Å². The highest BCUT2D eigenvalue weighted by Crippen LogP contribution is 2.58. The van der Waals surface area contributed by atoms with E-state index >= 15 is 0 Å². The second-order valence-corrected chi connectivity index (χ2v) is 7.96. The van der Waals surface area contributed by atoms with E-state index in [-0.39, 0.29) is 0 Å². The molecule has 5 atom stereocenters. The molecule has 0 aliphatic heterocycles. The molecule has 2 bridgehead atoms. The van der Waals surface area contributed by atoms with Crippen LogP contribution >= 0.6 is 15.9 Å². The summed E-state index contributed by atoms with van der Waals surface area (Å²) in [6, 6.07) is 7.16. The Morgan fingerprint density at radius 2 is 2.05 bits per heavy atom. The molecule has 2 nitrogen and oxygen atoms in total. The van der Waals surface area contributed by atoms with Crippen LogP contribution in [0.5, 0.6) is 5.75 Å². The quantitative estimate of drug-likeness (QED) is 0.871. The Morgan fingerprint density at radius 1 is 1.19 bits per heavy atom. The maximum atomic E-state index is 5.30. The Labute approximate surface area is 135 Å². The van der Waals surface area contributed by atoms with Crippen LogP contribution in [0.2, 0.25) is 0 Å². The number of ether oxygens (including phenoxy) is 1. The molecule has 1 aromatic carbocycles. The van der Waals surface area contributed by atoms with Gasteiger partial charge in [-0.05, 0) is 83.0 Å². The van der Waals surface area contributed by atoms with Gasteiger partial charge in [0.15, 0.2) is 0 Å². The van der Waals surface area contributed by atoms with Crippen LogP contribution in [-0.4, -0.2) is 13.2 Å². The lowest BCUT2D eigenvalue weighted by molar-refractivity contribution is 0.208. The average molecular weight is 350 g/mol. The Morgan fingerprint density at radius 3 is 2.86 bits per heavy atom. The molecule has 3 saturated carbocycles. The topological polar surface area (TPSA) is 21.3 Å². The molecule has 3 aliphatic carbocycles. The molecule has 4 rings (SSSR count). The standard InChI is InChI=1S/C18H24BrNO/c1-21-18-6-5-11(7-16(18)19)10-20-17-9-12-8-15(17)14-4-2-3-13(12)14/h5-7,12-15,17,20H,2-4,8-10H2,1H3. The van der Waals surface area contributed by atoms with E-state index in [4.69, 9.17) is 4.74 Å². The van der Waals surface area contributed by atoms with Crippen LogP contribution in [0.3, 0.4) is 0 Å². The van der Waals surface area contributed by atoms with E-state index in [1.54, 1.807) is 7.11 Å². The van der Waals surface area contributed by atoms with Crippen molar-refractivity contribution in [3.63, 3.8) is 0 Å². The lowest BCUT2D eigenvalue weighted by Gasteiger charge is -2.32. The molecular formula is C18H24BrNO. The van der Waals surface area contributed by atoms with E-state index < -0.39 is 0 Å². The van der Waals surface area contributed by atoms with Crippen molar-refractivity contribution >= 4 is 15.9 Å². The summed E-state index contributed by atoms with van der Waals surface area (Å²) in [6.07, 6.45) is 7.42. The van der Waals surface area contributed by atoms with E-state index in [1.165, 1.54) is 37.7 Å². The highest BCUT2D eigenvalue weighted by molar-refractivity contribution is 9.10. The van der Waals surface area contributed by atoms with Gasteiger partial charge in [0.25, 0.3) is 0 Å². The van der Waals surface area contributed by atoms with Crippen LogP contribution in [-0.2, 0) is 6.54 Å². The zero-order chi connectivity index (χ0) is 14.4. The van der Waals surface area contributed by atoms with Crippen LogP contribution in [0.15, 0.2) is 22.7 Å². The number of methoxy groups -OCH3 is 1. The third kappa shape index (κ3) is 2.43. The molecule has 0 heterocycles. The van der Waals surface area contributed by atoms with Crippen molar-refractivity contribution in [2.75, 3.05) is 7.11 Å². The van der Waals surface area contributed by atoms with Gasteiger partial charge >= 0.3 is 0 Å². The largest absolute Gasteiger partial charge is 0.496 e. The van der Waals surface area contributed by atoms with Crippen molar-refractivity contribution < 1.29 is 4.74 Å². The van der Waals surface area contributed by atoms with Gasteiger partial charge in [0.2, 0.25) is 0 Å². The van der Waals surface area contributed by atoms with Gasteiger partial charge < -0.3 is 10.1 Å². The van der Waals surface area contributed by atoms with Gasteiger partial charge in [-0.25, -0.2) is 0 Å². The number of hydrogen-bond acceptors (Lipinski definition) is 2. The van der Waals surface area contributed by atoms with Crippen LogP contribution < -0.4 is 10.1 Å². The summed E-state index contributed by atoms with van der Waals surface area (Å²) in [4.78, 5) is 0. The maximum Gasteiger partial charge on any atom is 0.133 e. The summed E-state index contributed by atoms with van der Waals surface area (Å²) in [6.45, 7) is 0.980. The van der Waals surface area contributed by atoms with Crippen LogP contribution in [0.4, 0.5) is 0 Å². The Kier molecular flexibility index (Phi) is 3.74. The summed E-state index contributed by atoms with van der Waals surface area (Å²) in [7, 11) is 1.71. The van der Waals surface area contributed by atoms with E-state index in [9.17, 15) is 0 Å². The third-order valence-corrected chi connectivity index (χ3v) is 6.83. The molecule has 3 fully saturated rings. The molecule has 0 aromatic heterocycles. The van der Waals surface area contributed by atoms with Gasteiger partial charge in [-0.3, -0.25) is 0 Å². The van der Waals surface area contributed by atoms with E-state index in [0.29, 0.717) is 0 Å². The van der Waals surface area contributed by atoms with E-state index in [0.717, 1.165) is 46.5 Å². The molecule has 0 amide bonds. The molecule has 0 spiro atoms. The Balaban J connectivity index is 1.39. The lowest BCUT2D eigenvalue weighted by Crippen LogP contribution is -2.38. The summed E-state index contributed by atoms with van der Waals surface area (Å²) in [5.74, 6) is 5.03. The van der Waals surface area contributed by atoms with Crippen molar-refractivity contribution in [1.29, 1.82) is 0 Å². The molecule has 3 aliphatic rings. The fraction of sp³-hybridized carbons (Fsp3) is 0.667. The number of rotatable bonds is 4.